The van der Waals surface area contributed by atoms with E-state index in [1.54, 1.807) is 24.3 Å². The molecule has 3 aliphatic carbocycles. The molecular weight excluding hydrogens is 532 g/mol. The summed E-state index contributed by atoms with van der Waals surface area (Å²) in [4.78, 5) is 41.9. The summed E-state index contributed by atoms with van der Waals surface area (Å²) in [5.41, 5.74) is 5.28. The molecular formula is C30H25BrN2O4. The van der Waals surface area contributed by atoms with E-state index in [-0.39, 0.29) is 29.7 Å². The summed E-state index contributed by atoms with van der Waals surface area (Å²) in [5.74, 6) is -1.82. The molecule has 7 heteroatoms. The zero-order chi connectivity index (χ0) is 25.3. The van der Waals surface area contributed by atoms with Crippen LogP contribution >= 0.6 is 15.9 Å². The Morgan fingerprint density at radius 1 is 0.946 bits per heavy atom. The molecule has 1 N–H and O–H groups in total. The smallest absolute Gasteiger partial charge is 0.251 e. The van der Waals surface area contributed by atoms with Crippen LogP contribution in [-0.4, -0.2) is 37.0 Å². The Balaban J connectivity index is 1.22. The lowest BCUT2D eigenvalue weighted by Gasteiger charge is -2.51. The largest absolute Gasteiger partial charge is 0.376 e. The van der Waals surface area contributed by atoms with Crippen molar-refractivity contribution in [1.29, 1.82) is 0 Å². The van der Waals surface area contributed by atoms with Gasteiger partial charge in [0.05, 0.1) is 28.0 Å². The molecule has 3 atom stereocenters. The number of carbonyl (C=O) groups is 3. The third-order valence-electron chi connectivity index (χ3n) is 8.42. The predicted molar refractivity (Wildman–Crippen MR) is 142 cm³/mol. The quantitative estimate of drug-likeness (QED) is 0.379. The van der Waals surface area contributed by atoms with Crippen LogP contribution < -0.4 is 10.2 Å². The normalized spacial score (nSPS) is 29.2. The van der Waals surface area contributed by atoms with Crippen LogP contribution in [0.3, 0.4) is 0 Å². The summed E-state index contributed by atoms with van der Waals surface area (Å²) in [5, 5.41) is 2.92. The summed E-state index contributed by atoms with van der Waals surface area (Å²) in [7, 11) is 0. The van der Waals surface area contributed by atoms with Gasteiger partial charge in [0.1, 0.15) is 0 Å². The van der Waals surface area contributed by atoms with Crippen LogP contribution in [0.25, 0.3) is 0 Å². The first kappa shape index (κ1) is 22.9. The van der Waals surface area contributed by atoms with Crippen molar-refractivity contribution in [2.24, 2.45) is 11.8 Å². The molecule has 2 aliphatic heterocycles. The first-order valence-corrected chi connectivity index (χ1v) is 13.5. The minimum absolute atomic E-state index is 0.0617. The van der Waals surface area contributed by atoms with Crippen molar-refractivity contribution >= 4 is 39.3 Å². The van der Waals surface area contributed by atoms with Gasteiger partial charge in [-0.3, -0.25) is 14.4 Å². The molecule has 8 rings (SSSR count). The number of halogens is 1. The molecule has 3 aromatic rings. The second-order valence-electron chi connectivity index (χ2n) is 10.3. The minimum Gasteiger partial charge on any atom is -0.376 e. The molecule has 2 heterocycles. The predicted octanol–water partition coefficient (Wildman–Crippen LogP) is 4.50. The van der Waals surface area contributed by atoms with Crippen LogP contribution in [0.15, 0.2) is 72.8 Å². The Morgan fingerprint density at radius 2 is 1.59 bits per heavy atom. The lowest BCUT2D eigenvalue weighted by atomic mass is 9.55. The number of benzene rings is 3. The Labute approximate surface area is 223 Å². The second-order valence-corrected chi connectivity index (χ2v) is 11.5. The molecule has 2 saturated heterocycles. The number of imide groups is 1. The number of alkyl halides is 1. The zero-order valence-electron chi connectivity index (χ0n) is 20.0. The van der Waals surface area contributed by atoms with Crippen LogP contribution in [0.4, 0.5) is 5.69 Å². The van der Waals surface area contributed by atoms with Gasteiger partial charge in [0, 0.05) is 24.6 Å². The van der Waals surface area contributed by atoms with Gasteiger partial charge in [-0.05, 0) is 59.4 Å². The summed E-state index contributed by atoms with van der Waals surface area (Å²) >= 11 is 4.02. The monoisotopic (exact) mass is 556 g/mol. The van der Waals surface area contributed by atoms with Gasteiger partial charge < -0.3 is 10.1 Å². The standard InChI is InChI=1S/C30H25BrN2O4/c31-30-22-9-3-1-7-20(22)24(21-8-2-4-10-23(21)30)25-26(30)29(36)33(28(25)35)18-13-11-17(12-14-18)27(34)32-16-19-6-5-15-37-19/h1-4,7-14,19,24-26H,5-6,15-16H2,(H,32,34)/t19-,24?,25-,26-,30?/m0/s1. The van der Waals surface area contributed by atoms with E-state index < -0.39 is 16.2 Å². The molecule has 0 aromatic heterocycles. The van der Waals surface area contributed by atoms with E-state index in [1.165, 1.54) is 4.90 Å². The number of ether oxygens (including phenoxy) is 1. The zero-order valence-corrected chi connectivity index (χ0v) is 21.6. The van der Waals surface area contributed by atoms with Gasteiger partial charge in [-0.25, -0.2) is 4.90 Å². The van der Waals surface area contributed by atoms with E-state index >= 15 is 0 Å². The van der Waals surface area contributed by atoms with Crippen molar-refractivity contribution < 1.29 is 19.1 Å². The second kappa shape index (κ2) is 8.36. The molecule has 186 valence electrons. The summed E-state index contributed by atoms with van der Waals surface area (Å²) in [6, 6.07) is 23.0. The molecule has 0 radical (unpaired) electrons. The van der Waals surface area contributed by atoms with Gasteiger partial charge in [0.25, 0.3) is 5.91 Å². The van der Waals surface area contributed by atoms with Gasteiger partial charge in [-0.2, -0.15) is 0 Å². The SMILES string of the molecule is O=C(NC[C@@H]1CCCO1)c1ccc(N2C(=O)[C@@H]3[C@@H](C2=O)C2c4ccccc4C3(Br)c3ccccc32)cc1. The summed E-state index contributed by atoms with van der Waals surface area (Å²) < 4.78 is 4.80. The highest BCUT2D eigenvalue weighted by Gasteiger charge is 2.67. The summed E-state index contributed by atoms with van der Waals surface area (Å²) in [6.07, 6.45) is 2.03. The fourth-order valence-corrected chi connectivity index (χ4v) is 8.01. The maximum Gasteiger partial charge on any atom is 0.251 e. The first-order valence-electron chi connectivity index (χ1n) is 12.8. The van der Waals surface area contributed by atoms with E-state index in [0.717, 1.165) is 41.7 Å². The van der Waals surface area contributed by atoms with Crippen LogP contribution in [0.5, 0.6) is 0 Å². The molecule has 2 fully saturated rings. The number of nitrogens with zero attached hydrogens (tertiary/aromatic N) is 1. The molecule has 0 unspecified atom stereocenters. The van der Waals surface area contributed by atoms with Crippen molar-refractivity contribution in [2.45, 2.75) is 29.2 Å². The number of hydrogen-bond acceptors (Lipinski definition) is 4. The van der Waals surface area contributed by atoms with Gasteiger partial charge in [0.2, 0.25) is 11.8 Å². The number of nitrogens with one attached hydrogen (secondary N) is 1. The molecule has 5 aliphatic rings. The van der Waals surface area contributed by atoms with Crippen LogP contribution in [0, 0.1) is 11.8 Å². The number of rotatable bonds is 4. The van der Waals surface area contributed by atoms with E-state index in [2.05, 4.69) is 45.5 Å². The van der Waals surface area contributed by atoms with E-state index in [0.29, 0.717) is 17.8 Å². The topological polar surface area (TPSA) is 75.7 Å². The maximum absolute atomic E-state index is 14.0. The van der Waals surface area contributed by atoms with Crippen molar-refractivity contribution in [2.75, 3.05) is 18.1 Å². The van der Waals surface area contributed by atoms with Crippen LogP contribution in [0.2, 0.25) is 0 Å². The highest BCUT2D eigenvalue weighted by Crippen LogP contribution is 2.66. The van der Waals surface area contributed by atoms with Gasteiger partial charge in [-0.15, -0.1) is 0 Å². The Bertz CT molecular complexity index is 1400. The van der Waals surface area contributed by atoms with Gasteiger partial charge in [0.15, 0.2) is 0 Å². The Morgan fingerprint density at radius 3 is 2.22 bits per heavy atom. The van der Waals surface area contributed by atoms with Crippen molar-refractivity contribution in [3.05, 3.63) is 101 Å². The average Bonchev–Trinajstić information content (AvgIpc) is 3.54. The lowest BCUT2D eigenvalue weighted by Crippen LogP contribution is -2.50. The molecule has 37 heavy (non-hydrogen) atoms. The van der Waals surface area contributed by atoms with Gasteiger partial charge >= 0.3 is 0 Å². The fourth-order valence-electron chi connectivity index (χ4n) is 6.81. The first-order chi connectivity index (χ1) is 18.0. The third-order valence-corrected chi connectivity index (χ3v) is 9.76. The molecule has 3 amide bonds. The number of carbonyl (C=O) groups excluding carboxylic acids is 3. The molecule has 0 spiro atoms. The van der Waals surface area contributed by atoms with E-state index in [1.807, 2.05) is 24.3 Å². The Hall–Kier alpha value is -3.29. The molecule has 2 bridgehead atoms. The van der Waals surface area contributed by atoms with Crippen LogP contribution in [-0.2, 0) is 18.7 Å². The van der Waals surface area contributed by atoms with Crippen LogP contribution in [0.1, 0.15) is 51.4 Å². The number of anilines is 1. The van der Waals surface area contributed by atoms with Crippen molar-refractivity contribution in [1.82, 2.24) is 5.32 Å². The Kier molecular flexibility index (Phi) is 5.17. The summed E-state index contributed by atoms with van der Waals surface area (Å²) in [6.45, 7) is 1.21. The highest BCUT2D eigenvalue weighted by atomic mass is 79.9. The number of hydrogen-bond donors (Lipinski definition) is 1. The minimum atomic E-state index is -0.775. The number of amides is 3. The molecule has 3 aromatic carbocycles. The fraction of sp³-hybridized carbons (Fsp3) is 0.300. The average molecular weight is 557 g/mol. The van der Waals surface area contributed by atoms with Gasteiger partial charge in [-0.1, -0.05) is 64.5 Å². The van der Waals surface area contributed by atoms with Crippen molar-refractivity contribution in [3.63, 3.8) is 0 Å². The van der Waals surface area contributed by atoms with Crippen molar-refractivity contribution in [3.8, 4) is 0 Å². The third kappa shape index (κ3) is 3.17. The van der Waals surface area contributed by atoms with E-state index in [9.17, 15) is 14.4 Å². The molecule has 6 nitrogen and oxygen atoms in total. The van der Waals surface area contributed by atoms with E-state index in [4.69, 9.17) is 4.74 Å². The maximum atomic E-state index is 14.0. The molecule has 0 saturated carbocycles. The lowest BCUT2D eigenvalue weighted by molar-refractivity contribution is -0.122. The highest BCUT2D eigenvalue weighted by molar-refractivity contribution is 9.09.